The molecule has 0 amide bonds. The number of nitrogens with zero attached hydrogens (tertiary/aromatic N) is 2. The Kier molecular flexibility index (Phi) is 4.98. The molecule has 0 radical (unpaired) electrons. The first-order valence-corrected chi connectivity index (χ1v) is 7.22. The average molecular weight is 283 g/mol. The number of ether oxygens (including phenoxy) is 1. The van der Waals surface area contributed by atoms with E-state index in [0.717, 1.165) is 32.6 Å². The summed E-state index contributed by atoms with van der Waals surface area (Å²) in [5, 5.41) is 15.0. The van der Waals surface area contributed by atoms with Crippen LogP contribution in [0.2, 0.25) is 0 Å². The fourth-order valence-electron chi connectivity index (χ4n) is 1.89. The largest absolute Gasteiger partial charge is 0.381 e. The molecule has 0 saturated carbocycles. The monoisotopic (exact) mass is 283 g/mol. The first-order chi connectivity index (χ1) is 9.20. The quantitative estimate of drug-likeness (QED) is 0.661. The Morgan fingerprint density at radius 3 is 2.89 bits per heavy atom. The summed E-state index contributed by atoms with van der Waals surface area (Å²) in [6.45, 7) is 4.15. The van der Waals surface area contributed by atoms with Gasteiger partial charge in [0.1, 0.15) is 5.82 Å². The highest BCUT2D eigenvalue weighted by molar-refractivity contribution is 8.00. The van der Waals surface area contributed by atoms with Crippen LogP contribution in [0.4, 0.5) is 11.5 Å². The van der Waals surface area contributed by atoms with E-state index in [4.69, 9.17) is 4.74 Å². The molecule has 2 heterocycles. The maximum Gasteiger partial charge on any atom is 0.301 e. The molecule has 0 spiro atoms. The summed E-state index contributed by atoms with van der Waals surface area (Å²) in [4.78, 5) is 15.0. The van der Waals surface area contributed by atoms with E-state index in [2.05, 4.69) is 10.3 Å². The normalized spacial score (nSPS) is 16.3. The molecule has 7 heteroatoms. The van der Waals surface area contributed by atoms with Gasteiger partial charge < -0.3 is 10.1 Å². The molecular weight excluding hydrogens is 266 g/mol. The molecule has 6 nitrogen and oxygen atoms in total. The number of pyridine rings is 1. The molecule has 1 fully saturated rings. The highest BCUT2D eigenvalue weighted by Crippen LogP contribution is 2.35. The molecule has 0 unspecified atom stereocenters. The lowest BCUT2D eigenvalue weighted by atomic mass is 10.2. The fourth-order valence-corrected chi connectivity index (χ4v) is 3.05. The third-order valence-electron chi connectivity index (χ3n) is 2.84. The second-order valence-electron chi connectivity index (χ2n) is 4.24. The van der Waals surface area contributed by atoms with E-state index in [-0.39, 0.29) is 10.6 Å². The van der Waals surface area contributed by atoms with Gasteiger partial charge in [0.05, 0.1) is 4.92 Å². The highest BCUT2D eigenvalue weighted by Gasteiger charge is 2.22. The van der Waals surface area contributed by atoms with Gasteiger partial charge in [-0.1, -0.05) is 11.8 Å². The van der Waals surface area contributed by atoms with E-state index in [1.165, 1.54) is 17.8 Å². The SMILES string of the molecule is CCNc1ccc([N+](=O)[O-])c(SC2CCOCC2)n1. The number of hydrogen-bond acceptors (Lipinski definition) is 6. The summed E-state index contributed by atoms with van der Waals surface area (Å²) in [5.74, 6) is 0.683. The summed E-state index contributed by atoms with van der Waals surface area (Å²) in [6, 6.07) is 3.17. The topological polar surface area (TPSA) is 77.3 Å². The molecule has 1 saturated heterocycles. The van der Waals surface area contributed by atoms with Gasteiger partial charge in [-0.15, -0.1) is 0 Å². The minimum Gasteiger partial charge on any atom is -0.381 e. The minimum absolute atomic E-state index is 0.0816. The zero-order valence-corrected chi connectivity index (χ0v) is 11.6. The van der Waals surface area contributed by atoms with Crippen LogP contribution in [0, 0.1) is 10.1 Å². The zero-order chi connectivity index (χ0) is 13.7. The summed E-state index contributed by atoms with van der Waals surface area (Å²) in [6.07, 6.45) is 1.82. The second-order valence-corrected chi connectivity index (χ2v) is 5.53. The summed E-state index contributed by atoms with van der Waals surface area (Å²) < 4.78 is 5.30. The molecule has 104 valence electrons. The third kappa shape index (κ3) is 3.81. The van der Waals surface area contributed by atoms with E-state index in [0.29, 0.717) is 16.1 Å². The van der Waals surface area contributed by atoms with Gasteiger partial charge >= 0.3 is 5.69 Å². The lowest BCUT2D eigenvalue weighted by molar-refractivity contribution is -0.388. The predicted molar refractivity (Wildman–Crippen MR) is 74.8 cm³/mol. The van der Waals surface area contributed by atoms with Crippen molar-refractivity contribution in [2.75, 3.05) is 25.1 Å². The number of rotatable bonds is 5. The van der Waals surface area contributed by atoms with E-state index in [1.54, 1.807) is 6.07 Å². The van der Waals surface area contributed by atoms with Crippen LogP contribution in [-0.4, -0.2) is 34.9 Å². The van der Waals surface area contributed by atoms with Crippen LogP contribution in [-0.2, 0) is 4.74 Å². The summed E-state index contributed by atoms with van der Waals surface area (Å²) >= 11 is 1.49. The molecule has 2 rings (SSSR count). The minimum atomic E-state index is -0.371. The lowest BCUT2D eigenvalue weighted by Gasteiger charge is -2.21. The van der Waals surface area contributed by atoms with Crippen molar-refractivity contribution in [2.24, 2.45) is 0 Å². The van der Waals surface area contributed by atoms with Crippen LogP contribution in [0.15, 0.2) is 17.2 Å². The molecular formula is C12H17N3O3S. The molecule has 1 aromatic heterocycles. The van der Waals surface area contributed by atoms with Crippen molar-refractivity contribution >= 4 is 23.3 Å². The lowest BCUT2D eigenvalue weighted by Crippen LogP contribution is -2.17. The van der Waals surface area contributed by atoms with Gasteiger partial charge in [0.15, 0.2) is 5.03 Å². The number of thioether (sulfide) groups is 1. The maximum atomic E-state index is 11.0. The summed E-state index contributed by atoms with van der Waals surface area (Å²) in [5.41, 5.74) is 0.0816. The Morgan fingerprint density at radius 2 is 2.26 bits per heavy atom. The van der Waals surface area contributed by atoms with Crippen LogP contribution >= 0.6 is 11.8 Å². The molecule has 0 bridgehead atoms. The number of nitro groups is 1. The molecule has 1 aliphatic heterocycles. The Hall–Kier alpha value is -1.34. The molecule has 1 aromatic rings. The van der Waals surface area contributed by atoms with E-state index >= 15 is 0 Å². The number of hydrogen-bond donors (Lipinski definition) is 1. The molecule has 1 N–H and O–H groups in total. The van der Waals surface area contributed by atoms with Crippen LogP contribution in [0.3, 0.4) is 0 Å². The fraction of sp³-hybridized carbons (Fsp3) is 0.583. The molecule has 0 atom stereocenters. The smallest absolute Gasteiger partial charge is 0.301 e. The predicted octanol–water partition coefficient (Wildman–Crippen LogP) is 2.69. The van der Waals surface area contributed by atoms with E-state index < -0.39 is 0 Å². The van der Waals surface area contributed by atoms with Gasteiger partial charge in [-0.05, 0) is 25.8 Å². The number of aromatic nitrogens is 1. The van der Waals surface area contributed by atoms with Crippen LogP contribution < -0.4 is 5.32 Å². The van der Waals surface area contributed by atoms with Gasteiger partial charge in [0.25, 0.3) is 0 Å². The average Bonchev–Trinajstić information content (AvgIpc) is 2.40. The Labute approximate surface area is 116 Å². The highest BCUT2D eigenvalue weighted by atomic mass is 32.2. The number of nitrogens with one attached hydrogen (secondary N) is 1. The van der Waals surface area contributed by atoms with Gasteiger partial charge in [0.2, 0.25) is 0 Å². The van der Waals surface area contributed by atoms with Crippen LogP contribution in [0.1, 0.15) is 19.8 Å². The van der Waals surface area contributed by atoms with Crippen LogP contribution in [0.5, 0.6) is 0 Å². The second kappa shape index (κ2) is 6.72. The molecule has 19 heavy (non-hydrogen) atoms. The van der Waals surface area contributed by atoms with Crippen molar-refractivity contribution in [2.45, 2.75) is 30.0 Å². The summed E-state index contributed by atoms with van der Waals surface area (Å²) in [7, 11) is 0. The van der Waals surface area contributed by atoms with Crippen LogP contribution in [0.25, 0.3) is 0 Å². The van der Waals surface area contributed by atoms with Crippen molar-refractivity contribution in [3.05, 3.63) is 22.2 Å². The standard InChI is InChI=1S/C12H17N3O3S/c1-2-13-11-4-3-10(15(16)17)12(14-11)19-9-5-7-18-8-6-9/h3-4,9H,2,5-8H2,1H3,(H,13,14). The Balaban J connectivity index is 2.18. The van der Waals surface area contributed by atoms with Crippen molar-refractivity contribution in [1.82, 2.24) is 4.98 Å². The van der Waals surface area contributed by atoms with Gasteiger partial charge in [-0.25, -0.2) is 4.98 Å². The number of anilines is 1. The Morgan fingerprint density at radius 1 is 1.53 bits per heavy atom. The first-order valence-electron chi connectivity index (χ1n) is 6.34. The zero-order valence-electron chi connectivity index (χ0n) is 10.8. The van der Waals surface area contributed by atoms with Crippen molar-refractivity contribution < 1.29 is 9.66 Å². The molecule has 1 aliphatic rings. The van der Waals surface area contributed by atoms with Crippen molar-refractivity contribution in [3.63, 3.8) is 0 Å². The van der Waals surface area contributed by atoms with Gasteiger partial charge in [-0.2, -0.15) is 0 Å². The first kappa shape index (κ1) is 14.1. The Bertz CT molecular complexity index is 450. The molecule has 0 aromatic carbocycles. The third-order valence-corrected chi connectivity index (χ3v) is 4.17. The van der Waals surface area contributed by atoms with Gasteiger partial charge in [0, 0.05) is 31.1 Å². The maximum absolute atomic E-state index is 11.0. The van der Waals surface area contributed by atoms with E-state index in [9.17, 15) is 10.1 Å². The van der Waals surface area contributed by atoms with Crippen molar-refractivity contribution in [3.8, 4) is 0 Å². The van der Waals surface area contributed by atoms with Gasteiger partial charge in [-0.3, -0.25) is 10.1 Å². The van der Waals surface area contributed by atoms with Crippen molar-refractivity contribution in [1.29, 1.82) is 0 Å². The molecule has 0 aliphatic carbocycles. The van der Waals surface area contributed by atoms with E-state index in [1.807, 2.05) is 6.92 Å².